The maximum absolute atomic E-state index is 5.26. The highest BCUT2D eigenvalue weighted by atomic mass is 32.2. The highest BCUT2D eigenvalue weighted by molar-refractivity contribution is 7.99. The van der Waals surface area contributed by atoms with E-state index in [1.807, 2.05) is 23.9 Å². The second kappa shape index (κ2) is 12.2. The fraction of sp³-hybridized carbons (Fsp3) is 0.481. The fourth-order valence-corrected chi connectivity index (χ4v) is 5.67. The molecule has 166 valence electrons. The first-order chi connectivity index (χ1) is 15.3. The van der Waals surface area contributed by atoms with Gasteiger partial charge in [0.15, 0.2) is 0 Å². The molecular weight excluding hydrogens is 400 g/mol. The van der Waals surface area contributed by atoms with E-state index in [1.54, 1.807) is 7.11 Å². The lowest BCUT2D eigenvalue weighted by atomic mass is 9.96. The first-order valence-corrected chi connectivity index (χ1v) is 12.3. The summed E-state index contributed by atoms with van der Waals surface area (Å²) < 4.78 is 5.26. The van der Waals surface area contributed by atoms with Crippen LogP contribution in [-0.4, -0.2) is 31.3 Å². The minimum absolute atomic E-state index is 0.561. The minimum Gasteiger partial charge on any atom is -0.497 e. The summed E-state index contributed by atoms with van der Waals surface area (Å²) in [7, 11) is 1.71. The van der Waals surface area contributed by atoms with Crippen molar-refractivity contribution >= 4 is 11.8 Å². The number of nitrogens with zero attached hydrogens (tertiary/aromatic N) is 1. The maximum atomic E-state index is 5.26. The Kier molecular flexibility index (Phi) is 9.33. The third kappa shape index (κ3) is 6.29. The number of terminal acetylenes is 1. The minimum atomic E-state index is 0.561. The van der Waals surface area contributed by atoms with Crippen molar-refractivity contribution in [3.8, 4) is 18.6 Å². The lowest BCUT2D eigenvalue weighted by Gasteiger charge is -2.32. The predicted molar refractivity (Wildman–Crippen MR) is 132 cm³/mol. The summed E-state index contributed by atoms with van der Waals surface area (Å²) in [6, 6.07) is 16.7. The Morgan fingerprint density at radius 3 is 2.39 bits per heavy atom. The van der Waals surface area contributed by atoms with Gasteiger partial charge in [-0.2, -0.15) is 0 Å². The third-order valence-corrected chi connectivity index (χ3v) is 7.49. The Morgan fingerprint density at radius 2 is 1.71 bits per heavy atom. The molecule has 1 unspecified atom stereocenters. The average molecular weight is 437 g/mol. The van der Waals surface area contributed by atoms with E-state index in [1.165, 1.54) is 65.9 Å². The molecule has 0 saturated heterocycles. The van der Waals surface area contributed by atoms with Crippen molar-refractivity contribution in [3.05, 3.63) is 53.6 Å². The van der Waals surface area contributed by atoms with E-state index in [-0.39, 0.29) is 0 Å². The van der Waals surface area contributed by atoms with Gasteiger partial charge in [-0.15, -0.1) is 12.8 Å². The molecule has 0 bridgehead atoms. The molecular formula is C27H36N2OS. The summed E-state index contributed by atoms with van der Waals surface area (Å²) in [6.07, 6.45) is 17.3. The molecule has 2 aromatic carbocycles. The van der Waals surface area contributed by atoms with Crippen LogP contribution in [0.1, 0.15) is 62.6 Å². The quantitative estimate of drug-likeness (QED) is 0.388. The number of hydrogen-bond donors (Lipinski definition) is 1. The molecule has 1 atom stereocenters. The smallest absolute Gasteiger partial charge is 0.118 e. The van der Waals surface area contributed by atoms with E-state index in [9.17, 15) is 0 Å². The third-order valence-electron chi connectivity index (χ3n) is 6.49. The van der Waals surface area contributed by atoms with Crippen LogP contribution in [0.3, 0.4) is 0 Å². The summed E-state index contributed by atoms with van der Waals surface area (Å²) >= 11 is 1.84. The van der Waals surface area contributed by atoms with Crippen LogP contribution in [0, 0.1) is 12.8 Å². The number of nitrogens with one attached hydrogen (secondary N) is 1. The molecule has 0 spiro atoms. The van der Waals surface area contributed by atoms with Gasteiger partial charge in [0.1, 0.15) is 5.75 Å². The van der Waals surface area contributed by atoms with Crippen molar-refractivity contribution in [1.29, 1.82) is 0 Å². The van der Waals surface area contributed by atoms with Gasteiger partial charge in [0.2, 0.25) is 0 Å². The fourth-order valence-electron chi connectivity index (χ4n) is 4.79. The molecule has 1 N–H and O–H groups in total. The molecule has 4 rings (SSSR count). The lowest BCUT2D eigenvalue weighted by Crippen LogP contribution is -2.42. The average Bonchev–Trinajstić information content (AvgIpc) is 3.25. The number of fused-ring (bicyclic) bond motifs is 1. The van der Waals surface area contributed by atoms with E-state index >= 15 is 0 Å². The zero-order valence-corrected chi connectivity index (χ0v) is 19.8. The molecule has 4 heteroatoms. The van der Waals surface area contributed by atoms with Crippen molar-refractivity contribution in [2.45, 2.75) is 73.7 Å². The summed E-state index contributed by atoms with van der Waals surface area (Å²) in [4.78, 5) is 5.22. The highest BCUT2D eigenvalue weighted by Gasteiger charge is 2.27. The van der Waals surface area contributed by atoms with Crippen LogP contribution < -0.4 is 10.1 Å². The van der Waals surface area contributed by atoms with Gasteiger partial charge in [-0.05, 0) is 79.8 Å². The van der Waals surface area contributed by atoms with Crippen LogP contribution in [0.5, 0.6) is 5.75 Å². The van der Waals surface area contributed by atoms with E-state index in [0.717, 1.165) is 25.0 Å². The molecule has 1 saturated carbocycles. The van der Waals surface area contributed by atoms with E-state index in [2.05, 4.69) is 60.3 Å². The molecule has 1 fully saturated rings. The maximum Gasteiger partial charge on any atom is 0.118 e. The van der Waals surface area contributed by atoms with E-state index in [4.69, 9.17) is 4.74 Å². The topological polar surface area (TPSA) is 24.5 Å². The molecule has 2 aromatic rings. The van der Waals surface area contributed by atoms with Gasteiger partial charge < -0.3 is 10.1 Å². The Balaban J connectivity index is 0.00000132. The van der Waals surface area contributed by atoms with Gasteiger partial charge in [0.25, 0.3) is 0 Å². The van der Waals surface area contributed by atoms with Crippen molar-refractivity contribution in [2.75, 3.05) is 20.3 Å². The number of ether oxygens (including phenoxy) is 1. The Morgan fingerprint density at radius 1 is 1.00 bits per heavy atom. The molecule has 0 radical (unpaired) electrons. The summed E-state index contributed by atoms with van der Waals surface area (Å²) in [5.41, 5.74) is 3.07. The zero-order valence-electron chi connectivity index (χ0n) is 19.0. The van der Waals surface area contributed by atoms with Crippen LogP contribution in [0.15, 0.2) is 52.3 Å². The van der Waals surface area contributed by atoms with Crippen LogP contribution in [0.4, 0.5) is 0 Å². The largest absolute Gasteiger partial charge is 0.497 e. The highest BCUT2D eigenvalue weighted by Crippen LogP contribution is 2.39. The first kappa shape index (κ1) is 23.7. The molecule has 0 heterocycles. The van der Waals surface area contributed by atoms with Crippen LogP contribution in [0.25, 0.3) is 0 Å². The standard InChI is InChI=1S/C25H34N2OS.C2H2/c1-3-27(18-26-20-7-5-4-6-8-20)25-16-9-19-17-23(14-15-24(19)25)29-22-12-10-21(28-2)11-13-22;1-2/h10-15,17,20,25-26H,3-9,16,18H2,1-2H3;1-2H. The number of aryl methyl sites for hydroxylation is 1. The molecule has 31 heavy (non-hydrogen) atoms. The summed E-state index contributed by atoms with van der Waals surface area (Å²) in [6.45, 7) is 4.42. The summed E-state index contributed by atoms with van der Waals surface area (Å²) in [5.74, 6) is 0.910. The summed E-state index contributed by atoms with van der Waals surface area (Å²) in [5, 5.41) is 3.85. The van der Waals surface area contributed by atoms with Crippen LogP contribution >= 0.6 is 11.8 Å². The normalized spacial score (nSPS) is 18.3. The molecule has 0 amide bonds. The number of rotatable bonds is 8. The SMILES string of the molecule is C#C.CCN(CNC1CCCCC1)C1CCc2cc(Sc3ccc(OC)cc3)ccc21. The van der Waals surface area contributed by atoms with Crippen LogP contribution in [-0.2, 0) is 6.42 Å². The van der Waals surface area contributed by atoms with Gasteiger partial charge in [0, 0.05) is 28.5 Å². The van der Waals surface area contributed by atoms with Crippen molar-refractivity contribution in [1.82, 2.24) is 10.2 Å². The first-order valence-electron chi connectivity index (χ1n) is 11.5. The van der Waals surface area contributed by atoms with E-state index in [0.29, 0.717) is 6.04 Å². The number of hydrogen-bond acceptors (Lipinski definition) is 4. The Hall–Kier alpha value is -1.93. The molecule has 2 aliphatic rings. The molecule has 0 aromatic heterocycles. The van der Waals surface area contributed by atoms with Gasteiger partial charge in [-0.25, -0.2) is 0 Å². The van der Waals surface area contributed by atoms with Crippen LogP contribution in [0.2, 0.25) is 0 Å². The predicted octanol–water partition coefficient (Wildman–Crippen LogP) is 6.28. The molecule has 2 aliphatic carbocycles. The Labute approximate surface area is 193 Å². The lowest BCUT2D eigenvalue weighted by molar-refractivity contribution is 0.174. The van der Waals surface area contributed by atoms with Crippen molar-refractivity contribution in [2.24, 2.45) is 0 Å². The van der Waals surface area contributed by atoms with Gasteiger partial charge in [-0.3, -0.25) is 4.90 Å². The Bertz CT molecular complexity index is 827. The van der Waals surface area contributed by atoms with Gasteiger partial charge in [-0.1, -0.05) is 44.0 Å². The van der Waals surface area contributed by atoms with Crippen molar-refractivity contribution < 1.29 is 4.74 Å². The molecule has 3 nitrogen and oxygen atoms in total. The molecule has 0 aliphatic heterocycles. The number of methoxy groups -OCH3 is 1. The second-order valence-corrected chi connectivity index (χ2v) is 9.44. The second-order valence-electron chi connectivity index (χ2n) is 8.29. The van der Waals surface area contributed by atoms with Gasteiger partial charge >= 0.3 is 0 Å². The van der Waals surface area contributed by atoms with Crippen molar-refractivity contribution in [3.63, 3.8) is 0 Å². The monoisotopic (exact) mass is 436 g/mol. The van der Waals surface area contributed by atoms with Gasteiger partial charge in [0.05, 0.1) is 7.11 Å². The zero-order chi connectivity index (χ0) is 22.1. The van der Waals surface area contributed by atoms with E-state index < -0.39 is 0 Å². The number of benzene rings is 2.